The molecule has 0 aromatic heterocycles. The van der Waals surface area contributed by atoms with E-state index in [0.29, 0.717) is 0 Å². The van der Waals surface area contributed by atoms with E-state index in [1.54, 1.807) is 18.9 Å². The Morgan fingerprint density at radius 2 is 2.06 bits per heavy atom. The van der Waals surface area contributed by atoms with E-state index in [1.807, 2.05) is 24.3 Å². The lowest BCUT2D eigenvalue weighted by Crippen LogP contribution is -2.19. The van der Waals surface area contributed by atoms with Crippen molar-refractivity contribution in [2.24, 2.45) is 5.92 Å². The van der Waals surface area contributed by atoms with Crippen LogP contribution in [-0.2, 0) is 4.79 Å². The van der Waals surface area contributed by atoms with Crippen molar-refractivity contribution in [2.45, 2.75) is 29.4 Å². The maximum atomic E-state index is 11.1. The average molecular weight is 252 g/mol. The third-order valence-electron chi connectivity index (χ3n) is 3.12. The highest BCUT2D eigenvalue weighted by Crippen LogP contribution is 2.39. The topological polar surface area (TPSA) is 46.5 Å². The van der Waals surface area contributed by atoms with E-state index in [0.717, 1.165) is 29.9 Å². The summed E-state index contributed by atoms with van der Waals surface area (Å²) in [6, 6.07) is 7.79. The fourth-order valence-electron chi connectivity index (χ4n) is 2.18. The molecule has 0 radical (unpaired) electrons. The highest BCUT2D eigenvalue weighted by molar-refractivity contribution is 8.00. The molecule has 1 fully saturated rings. The normalized spacial score (nSPS) is 23.6. The highest BCUT2D eigenvalue weighted by Gasteiger charge is 2.33. The SMILES string of the molecule is COc1ccc(S[C@@H]2CCC[C@H]2C(=O)O)cc1. The summed E-state index contributed by atoms with van der Waals surface area (Å²) in [6.07, 6.45) is 2.82. The third kappa shape index (κ3) is 2.94. The van der Waals surface area contributed by atoms with Gasteiger partial charge in [0.15, 0.2) is 0 Å². The van der Waals surface area contributed by atoms with Gasteiger partial charge in [-0.15, -0.1) is 11.8 Å². The van der Waals surface area contributed by atoms with Gasteiger partial charge in [-0.2, -0.15) is 0 Å². The van der Waals surface area contributed by atoms with E-state index in [-0.39, 0.29) is 11.2 Å². The Bertz CT molecular complexity index is 388. The molecule has 1 saturated carbocycles. The molecule has 0 heterocycles. The van der Waals surface area contributed by atoms with Crippen LogP contribution in [-0.4, -0.2) is 23.4 Å². The third-order valence-corrected chi connectivity index (χ3v) is 4.53. The molecule has 2 atom stereocenters. The summed E-state index contributed by atoms with van der Waals surface area (Å²) in [6.45, 7) is 0. The second kappa shape index (κ2) is 5.45. The molecule has 0 amide bonds. The Kier molecular flexibility index (Phi) is 3.94. The fourth-order valence-corrected chi connectivity index (χ4v) is 3.52. The van der Waals surface area contributed by atoms with Crippen LogP contribution in [0.15, 0.2) is 29.2 Å². The molecule has 92 valence electrons. The lowest BCUT2D eigenvalue weighted by Gasteiger charge is -2.15. The zero-order valence-electron chi connectivity index (χ0n) is 9.76. The van der Waals surface area contributed by atoms with Crippen molar-refractivity contribution < 1.29 is 14.6 Å². The molecule has 1 aliphatic rings. The van der Waals surface area contributed by atoms with Gasteiger partial charge in [0.2, 0.25) is 0 Å². The van der Waals surface area contributed by atoms with Crippen LogP contribution in [0.25, 0.3) is 0 Å². The molecule has 0 unspecified atom stereocenters. The van der Waals surface area contributed by atoms with E-state index in [1.165, 1.54) is 0 Å². The summed E-state index contributed by atoms with van der Waals surface area (Å²) in [5, 5.41) is 9.32. The van der Waals surface area contributed by atoms with Crippen LogP contribution < -0.4 is 4.74 Å². The standard InChI is InChI=1S/C13H16O3S/c1-16-9-5-7-10(8-6-9)17-12-4-2-3-11(12)13(14)15/h5-8,11-12H,2-4H2,1H3,(H,14,15)/t11-,12-/m1/s1. The number of methoxy groups -OCH3 is 1. The van der Waals surface area contributed by atoms with E-state index in [9.17, 15) is 4.79 Å². The van der Waals surface area contributed by atoms with Crippen molar-refractivity contribution in [3.05, 3.63) is 24.3 Å². The Morgan fingerprint density at radius 3 is 2.65 bits per heavy atom. The zero-order valence-corrected chi connectivity index (χ0v) is 10.6. The smallest absolute Gasteiger partial charge is 0.307 e. The molecule has 1 N–H and O–H groups in total. The summed E-state index contributed by atoms with van der Waals surface area (Å²) in [4.78, 5) is 12.2. The minimum atomic E-state index is -0.659. The zero-order chi connectivity index (χ0) is 12.3. The first-order valence-corrected chi connectivity index (χ1v) is 6.62. The van der Waals surface area contributed by atoms with Crippen LogP contribution in [0, 0.1) is 5.92 Å². The van der Waals surface area contributed by atoms with Crippen LogP contribution >= 0.6 is 11.8 Å². The number of carbonyl (C=O) groups is 1. The molecule has 0 bridgehead atoms. The number of aliphatic carboxylic acids is 1. The monoisotopic (exact) mass is 252 g/mol. The Balaban J connectivity index is 2.02. The summed E-state index contributed by atoms with van der Waals surface area (Å²) in [7, 11) is 1.64. The Morgan fingerprint density at radius 1 is 1.35 bits per heavy atom. The molecule has 4 heteroatoms. The van der Waals surface area contributed by atoms with Gasteiger partial charge in [0.05, 0.1) is 13.0 Å². The molecule has 17 heavy (non-hydrogen) atoms. The summed E-state index contributed by atoms with van der Waals surface area (Å²) in [5.74, 6) is -0.0221. The van der Waals surface area contributed by atoms with Crippen molar-refractivity contribution in [1.29, 1.82) is 0 Å². The average Bonchev–Trinajstić information content (AvgIpc) is 2.78. The van der Waals surface area contributed by atoms with Crippen molar-refractivity contribution in [3.63, 3.8) is 0 Å². The Hall–Kier alpha value is -1.16. The predicted octanol–water partition coefficient (Wildman–Crippen LogP) is 3.04. The number of benzene rings is 1. The minimum Gasteiger partial charge on any atom is -0.497 e. The van der Waals surface area contributed by atoms with Gasteiger partial charge in [0, 0.05) is 10.1 Å². The number of hydrogen-bond acceptors (Lipinski definition) is 3. The van der Waals surface area contributed by atoms with E-state index < -0.39 is 5.97 Å². The maximum absolute atomic E-state index is 11.1. The summed E-state index contributed by atoms with van der Waals surface area (Å²) < 4.78 is 5.10. The number of thioether (sulfide) groups is 1. The van der Waals surface area contributed by atoms with E-state index >= 15 is 0 Å². The van der Waals surface area contributed by atoms with Crippen molar-refractivity contribution in [2.75, 3.05) is 7.11 Å². The van der Waals surface area contributed by atoms with Crippen LogP contribution in [0.5, 0.6) is 5.75 Å². The minimum absolute atomic E-state index is 0.192. The van der Waals surface area contributed by atoms with Crippen LogP contribution in [0.3, 0.4) is 0 Å². The summed E-state index contributed by atoms with van der Waals surface area (Å²) in [5.41, 5.74) is 0. The van der Waals surface area contributed by atoms with Gasteiger partial charge in [-0.3, -0.25) is 4.79 Å². The molecule has 0 saturated heterocycles. The van der Waals surface area contributed by atoms with Crippen LogP contribution in [0.1, 0.15) is 19.3 Å². The molecule has 1 aliphatic carbocycles. The lowest BCUT2D eigenvalue weighted by molar-refractivity contribution is -0.141. The maximum Gasteiger partial charge on any atom is 0.307 e. The van der Waals surface area contributed by atoms with Crippen LogP contribution in [0.2, 0.25) is 0 Å². The second-order valence-corrected chi connectivity index (χ2v) is 5.52. The lowest BCUT2D eigenvalue weighted by atomic mass is 10.1. The number of carboxylic acid groups (broad SMARTS) is 1. The quantitative estimate of drug-likeness (QED) is 0.894. The largest absolute Gasteiger partial charge is 0.497 e. The number of carboxylic acids is 1. The van der Waals surface area contributed by atoms with Crippen molar-refractivity contribution in [3.8, 4) is 5.75 Å². The van der Waals surface area contributed by atoms with Gasteiger partial charge in [-0.1, -0.05) is 6.42 Å². The highest BCUT2D eigenvalue weighted by atomic mass is 32.2. The van der Waals surface area contributed by atoms with Gasteiger partial charge in [0.1, 0.15) is 5.75 Å². The van der Waals surface area contributed by atoms with Crippen LogP contribution in [0.4, 0.5) is 0 Å². The molecular formula is C13H16O3S. The van der Waals surface area contributed by atoms with E-state index in [4.69, 9.17) is 9.84 Å². The van der Waals surface area contributed by atoms with Crippen molar-refractivity contribution in [1.82, 2.24) is 0 Å². The number of ether oxygens (including phenoxy) is 1. The molecule has 1 aromatic rings. The molecule has 1 aromatic carbocycles. The molecule has 0 spiro atoms. The van der Waals surface area contributed by atoms with Gasteiger partial charge in [-0.25, -0.2) is 0 Å². The van der Waals surface area contributed by atoms with Crippen molar-refractivity contribution >= 4 is 17.7 Å². The first-order chi connectivity index (χ1) is 8.20. The van der Waals surface area contributed by atoms with Gasteiger partial charge >= 0.3 is 5.97 Å². The Labute approximate surface area is 105 Å². The number of rotatable bonds is 4. The van der Waals surface area contributed by atoms with Gasteiger partial charge in [0.25, 0.3) is 0 Å². The predicted molar refractivity (Wildman–Crippen MR) is 67.6 cm³/mol. The second-order valence-electron chi connectivity index (χ2n) is 4.21. The molecular weight excluding hydrogens is 236 g/mol. The van der Waals surface area contributed by atoms with E-state index in [2.05, 4.69) is 0 Å². The molecule has 3 nitrogen and oxygen atoms in total. The van der Waals surface area contributed by atoms with Gasteiger partial charge in [-0.05, 0) is 37.1 Å². The number of hydrogen-bond donors (Lipinski definition) is 1. The first-order valence-electron chi connectivity index (χ1n) is 5.74. The molecule has 0 aliphatic heterocycles. The molecule has 2 rings (SSSR count). The first kappa shape index (κ1) is 12.3. The fraction of sp³-hybridized carbons (Fsp3) is 0.462. The summed E-state index contributed by atoms with van der Waals surface area (Å²) >= 11 is 1.67. The van der Waals surface area contributed by atoms with Gasteiger partial charge < -0.3 is 9.84 Å².